The predicted molar refractivity (Wildman–Crippen MR) is 83.9 cm³/mol. The van der Waals surface area contributed by atoms with Gasteiger partial charge in [0.05, 0.1) is 0 Å². The van der Waals surface area contributed by atoms with Gasteiger partial charge in [0.15, 0.2) is 10.1 Å². The molecule has 2 aliphatic rings. The number of nitrogens with one attached hydrogen (secondary N) is 1. The molecule has 0 bridgehead atoms. The number of unbranched alkanes of at least 4 members (excludes halogenated alkanes) is 1. The predicted octanol–water partition coefficient (Wildman–Crippen LogP) is 3.46. The second kappa shape index (κ2) is 7.46. The van der Waals surface area contributed by atoms with E-state index in [0.717, 1.165) is 18.0 Å². The second-order valence-corrected chi connectivity index (χ2v) is 7.17. The van der Waals surface area contributed by atoms with Crippen molar-refractivity contribution in [1.29, 1.82) is 0 Å². The number of carbonyl (C=O) groups excluding carboxylic acids is 1. The van der Waals surface area contributed by atoms with Crippen LogP contribution in [0.2, 0.25) is 0 Å². The van der Waals surface area contributed by atoms with Crippen LogP contribution in [0, 0.1) is 0 Å². The molecule has 0 aromatic carbocycles. The SMILES string of the molecule is CCCCOC1(C)SC(NC2CCCCCC2)=NC1=O. The minimum absolute atomic E-state index is 0.158. The molecule has 1 N–H and O–H groups in total. The standard InChI is InChI=1S/C15H26N2O2S/c1-3-4-11-19-15(2)13(18)17-14(20-15)16-12-9-7-5-6-8-10-12/h12H,3-11H2,1-2H3,(H,16,17,18). The molecular formula is C15H26N2O2S. The summed E-state index contributed by atoms with van der Waals surface area (Å²) in [4.78, 5) is 15.4. The lowest BCUT2D eigenvalue weighted by Crippen LogP contribution is -2.34. The average molecular weight is 298 g/mol. The van der Waals surface area contributed by atoms with E-state index in [2.05, 4.69) is 17.2 Å². The van der Waals surface area contributed by atoms with Crippen LogP contribution < -0.4 is 5.32 Å². The van der Waals surface area contributed by atoms with E-state index in [1.54, 1.807) is 0 Å². The third-order valence-electron chi connectivity index (χ3n) is 3.94. The summed E-state index contributed by atoms with van der Waals surface area (Å²) in [6.45, 7) is 4.57. The number of amidine groups is 1. The number of carbonyl (C=O) groups is 1. The zero-order valence-corrected chi connectivity index (χ0v) is 13.4. The quantitative estimate of drug-likeness (QED) is 0.624. The van der Waals surface area contributed by atoms with E-state index >= 15 is 0 Å². The van der Waals surface area contributed by atoms with E-state index < -0.39 is 4.93 Å². The van der Waals surface area contributed by atoms with E-state index in [0.29, 0.717) is 12.6 Å². The summed E-state index contributed by atoms with van der Waals surface area (Å²) in [7, 11) is 0. The van der Waals surface area contributed by atoms with Gasteiger partial charge in [-0.15, -0.1) is 0 Å². The fourth-order valence-electron chi connectivity index (χ4n) is 2.61. The van der Waals surface area contributed by atoms with Crippen molar-refractivity contribution in [2.75, 3.05) is 6.61 Å². The van der Waals surface area contributed by atoms with Crippen LogP contribution in [0.1, 0.15) is 65.2 Å². The molecule has 1 unspecified atom stereocenters. The van der Waals surface area contributed by atoms with Crippen LogP contribution in [-0.2, 0) is 9.53 Å². The Bertz CT molecular complexity index is 365. The molecule has 0 spiro atoms. The van der Waals surface area contributed by atoms with Crippen molar-refractivity contribution >= 4 is 22.8 Å². The van der Waals surface area contributed by atoms with E-state index in [1.165, 1.54) is 50.3 Å². The molecule has 4 nitrogen and oxygen atoms in total. The average Bonchev–Trinajstić information content (AvgIpc) is 2.60. The third-order valence-corrected chi connectivity index (χ3v) is 5.03. The smallest absolute Gasteiger partial charge is 0.290 e. The molecule has 0 aromatic heterocycles. The third kappa shape index (κ3) is 4.22. The number of hydrogen-bond acceptors (Lipinski definition) is 4. The normalized spacial score (nSPS) is 28.3. The lowest BCUT2D eigenvalue weighted by atomic mass is 10.1. The maximum Gasteiger partial charge on any atom is 0.290 e. The molecule has 1 fully saturated rings. The topological polar surface area (TPSA) is 50.7 Å². The number of ether oxygens (including phenoxy) is 1. The molecule has 1 saturated carbocycles. The molecule has 0 radical (unpaired) electrons. The Hall–Kier alpha value is -0.550. The molecule has 5 heteroatoms. The zero-order chi connectivity index (χ0) is 14.4. The number of amides is 1. The molecule has 0 aromatic rings. The first-order valence-electron chi connectivity index (χ1n) is 7.86. The van der Waals surface area contributed by atoms with Crippen LogP contribution >= 0.6 is 11.8 Å². The van der Waals surface area contributed by atoms with Crippen LogP contribution in [-0.4, -0.2) is 28.7 Å². The summed E-state index contributed by atoms with van der Waals surface area (Å²) in [6, 6.07) is 0.467. The van der Waals surface area contributed by atoms with Crippen molar-refractivity contribution in [1.82, 2.24) is 5.32 Å². The number of aliphatic imine (C=N–C) groups is 1. The van der Waals surface area contributed by atoms with Crippen molar-refractivity contribution in [2.24, 2.45) is 4.99 Å². The van der Waals surface area contributed by atoms with Crippen molar-refractivity contribution in [3.05, 3.63) is 0 Å². The summed E-state index contributed by atoms with van der Waals surface area (Å²) < 4.78 is 5.75. The number of thioether (sulfide) groups is 1. The molecule has 2 rings (SSSR count). The first kappa shape index (κ1) is 15.8. The molecule has 1 atom stereocenters. The van der Waals surface area contributed by atoms with Crippen LogP contribution in [0.25, 0.3) is 0 Å². The molecule has 114 valence electrons. The Morgan fingerprint density at radius 2 is 2.05 bits per heavy atom. The van der Waals surface area contributed by atoms with Crippen molar-refractivity contribution in [3.63, 3.8) is 0 Å². The summed E-state index contributed by atoms with van der Waals surface area (Å²) >= 11 is 1.44. The van der Waals surface area contributed by atoms with Gasteiger partial charge in [0, 0.05) is 12.6 Å². The first-order valence-corrected chi connectivity index (χ1v) is 8.68. The minimum Gasteiger partial charge on any atom is -0.362 e. The van der Waals surface area contributed by atoms with E-state index in [1.807, 2.05) is 6.92 Å². The lowest BCUT2D eigenvalue weighted by Gasteiger charge is -2.22. The zero-order valence-electron chi connectivity index (χ0n) is 12.6. The maximum atomic E-state index is 12.0. The highest BCUT2D eigenvalue weighted by Gasteiger charge is 2.42. The Morgan fingerprint density at radius 1 is 1.35 bits per heavy atom. The molecule has 1 aliphatic heterocycles. The summed E-state index contributed by atoms with van der Waals surface area (Å²) in [5.74, 6) is -0.158. The number of hydrogen-bond donors (Lipinski definition) is 1. The number of nitrogens with zero attached hydrogens (tertiary/aromatic N) is 1. The summed E-state index contributed by atoms with van der Waals surface area (Å²) in [6.07, 6.45) is 9.62. The minimum atomic E-state index is -0.817. The molecule has 1 aliphatic carbocycles. The highest BCUT2D eigenvalue weighted by molar-refractivity contribution is 8.16. The largest absolute Gasteiger partial charge is 0.362 e. The molecule has 1 heterocycles. The molecular weight excluding hydrogens is 272 g/mol. The first-order chi connectivity index (χ1) is 9.64. The van der Waals surface area contributed by atoms with Crippen molar-refractivity contribution < 1.29 is 9.53 Å². The molecule has 0 saturated heterocycles. The highest BCUT2D eigenvalue weighted by Crippen LogP contribution is 2.35. The van der Waals surface area contributed by atoms with Crippen molar-refractivity contribution in [2.45, 2.75) is 76.2 Å². The molecule has 1 amide bonds. The van der Waals surface area contributed by atoms with Gasteiger partial charge >= 0.3 is 0 Å². The molecule has 20 heavy (non-hydrogen) atoms. The van der Waals surface area contributed by atoms with Gasteiger partial charge in [0.25, 0.3) is 5.91 Å². The Labute approximate surface area is 126 Å². The maximum absolute atomic E-state index is 12.0. The van der Waals surface area contributed by atoms with E-state index in [-0.39, 0.29) is 5.91 Å². The van der Waals surface area contributed by atoms with Gasteiger partial charge in [-0.1, -0.05) is 39.0 Å². The Morgan fingerprint density at radius 3 is 2.70 bits per heavy atom. The van der Waals surface area contributed by atoms with Gasteiger partial charge in [-0.3, -0.25) is 4.79 Å². The number of rotatable bonds is 5. The van der Waals surface area contributed by atoms with Gasteiger partial charge in [0.1, 0.15) is 0 Å². The van der Waals surface area contributed by atoms with Crippen LogP contribution in [0.4, 0.5) is 0 Å². The highest BCUT2D eigenvalue weighted by atomic mass is 32.2. The fraction of sp³-hybridized carbons (Fsp3) is 0.867. The summed E-state index contributed by atoms with van der Waals surface area (Å²) in [5.41, 5.74) is 0. The van der Waals surface area contributed by atoms with E-state index in [4.69, 9.17) is 4.74 Å². The van der Waals surface area contributed by atoms with Gasteiger partial charge in [-0.05, 0) is 37.9 Å². The van der Waals surface area contributed by atoms with Gasteiger partial charge in [-0.25, -0.2) is 0 Å². The van der Waals surface area contributed by atoms with Gasteiger partial charge in [0.2, 0.25) is 0 Å². The second-order valence-electron chi connectivity index (χ2n) is 5.80. The summed E-state index contributed by atoms with van der Waals surface area (Å²) in [5, 5.41) is 4.20. The van der Waals surface area contributed by atoms with Crippen LogP contribution in [0.15, 0.2) is 4.99 Å². The van der Waals surface area contributed by atoms with Gasteiger partial charge < -0.3 is 10.1 Å². The Kier molecular flexibility index (Phi) is 5.90. The fourth-order valence-corrected chi connectivity index (χ4v) is 3.61. The monoisotopic (exact) mass is 298 g/mol. The van der Waals surface area contributed by atoms with E-state index in [9.17, 15) is 4.79 Å². The lowest BCUT2D eigenvalue weighted by molar-refractivity contribution is -0.130. The van der Waals surface area contributed by atoms with Crippen LogP contribution in [0.5, 0.6) is 0 Å². The van der Waals surface area contributed by atoms with Gasteiger partial charge in [-0.2, -0.15) is 4.99 Å². The van der Waals surface area contributed by atoms with Crippen molar-refractivity contribution in [3.8, 4) is 0 Å². The Balaban J connectivity index is 1.84. The van der Waals surface area contributed by atoms with Crippen LogP contribution in [0.3, 0.4) is 0 Å².